The molecule has 0 bridgehead atoms. The van der Waals surface area contributed by atoms with E-state index in [4.69, 9.17) is 4.74 Å². The van der Waals surface area contributed by atoms with E-state index in [0.717, 1.165) is 27.4 Å². The average Bonchev–Trinajstić information content (AvgIpc) is 3.03. The molecule has 0 saturated carbocycles. The highest BCUT2D eigenvalue weighted by atomic mass is 32.1. The Hall–Kier alpha value is -2.14. The number of aromatic nitrogens is 2. The second-order valence-electron chi connectivity index (χ2n) is 3.72. The first-order chi connectivity index (χ1) is 8.83. The number of carbonyl (C=O) groups is 1. The minimum Gasteiger partial charge on any atom is -0.494 e. The molecule has 18 heavy (non-hydrogen) atoms. The van der Waals surface area contributed by atoms with E-state index in [1.165, 1.54) is 11.3 Å². The Morgan fingerprint density at radius 2 is 2.22 bits per heavy atom. The largest absolute Gasteiger partial charge is 0.494 e. The van der Waals surface area contributed by atoms with Crippen molar-refractivity contribution >= 4 is 27.8 Å². The number of fused-ring (bicyclic) bond motifs is 1. The predicted molar refractivity (Wildman–Crippen MR) is 70.9 cm³/mol. The van der Waals surface area contributed by atoms with Crippen LogP contribution in [-0.2, 0) is 0 Å². The first-order valence-electron chi connectivity index (χ1n) is 5.40. The van der Waals surface area contributed by atoms with Crippen molar-refractivity contribution in [2.75, 3.05) is 7.11 Å². The Balaban J connectivity index is 2.22. The molecule has 4 nitrogen and oxygen atoms in total. The smallest absolute Gasteiger partial charge is 0.195 e. The van der Waals surface area contributed by atoms with Crippen LogP contribution in [0, 0.1) is 0 Å². The monoisotopic (exact) mass is 258 g/mol. The van der Waals surface area contributed by atoms with Crippen LogP contribution in [0.1, 0.15) is 10.5 Å². The van der Waals surface area contributed by atoms with Crippen LogP contribution in [0.4, 0.5) is 0 Å². The van der Waals surface area contributed by atoms with Crippen molar-refractivity contribution in [3.8, 4) is 10.9 Å². The van der Waals surface area contributed by atoms with Crippen LogP contribution in [0.2, 0.25) is 0 Å². The van der Waals surface area contributed by atoms with E-state index in [2.05, 4.69) is 4.98 Å². The van der Waals surface area contributed by atoms with Crippen molar-refractivity contribution in [1.82, 2.24) is 9.55 Å². The number of hydrogen-bond donors (Lipinski definition) is 0. The van der Waals surface area contributed by atoms with Crippen LogP contribution in [0.25, 0.3) is 15.3 Å². The number of ether oxygens (including phenoxy) is 1. The summed E-state index contributed by atoms with van der Waals surface area (Å²) in [5.41, 5.74) is 1.42. The molecule has 0 spiro atoms. The van der Waals surface area contributed by atoms with Gasteiger partial charge in [0, 0.05) is 6.20 Å². The Kier molecular flexibility index (Phi) is 2.60. The summed E-state index contributed by atoms with van der Waals surface area (Å²) in [4.78, 5) is 15.5. The van der Waals surface area contributed by atoms with E-state index < -0.39 is 0 Å². The predicted octanol–water partition coefficient (Wildman–Crippen LogP) is 2.91. The summed E-state index contributed by atoms with van der Waals surface area (Å²) in [6.45, 7) is 0. The lowest BCUT2D eigenvalue weighted by Gasteiger charge is -1.99. The Morgan fingerprint density at radius 3 is 3.00 bits per heavy atom. The summed E-state index contributed by atoms with van der Waals surface area (Å²) in [5.74, 6) is 0.745. The molecule has 1 aromatic carbocycles. The molecule has 0 saturated heterocycles. The number of aldehydes is 1. The molecule has 0 unspecified atom stereocenters. The summed E-state index contributed by atoms with van der Waals surface area (Å²) in [6.07, 6.45) is 2.65. The second kappa shape index (κ2) is 4.27. The van der Waals surface area contributed by atoms with Gasteiger partial charge in [-0.3, -0.25) is 9.36 Å². The molecule has 2 heterocycles. The van der Waals surface area contributed by atoms with Crippen molar-refractivity contribution in [3.63, 3.8) is 0 Å². The van der Waals surface area contributed by atoms with E-state index in [1.54, 1.807) is 17.7 Å². The van der Waals surface area contributed by atoms with Gasteiger partial charge >= 0.3 is 0 Å². The van der Waals surface area contributed by atoms with Gasteiger partial charge in [0.15, 0.2) is 11.4 Å². The van der Waals surface area contributed by atoms with Gasteiger partial charge in [-0.1, -0.05) is 17.4 Å². The zero-order chi connectivity index (χ0) is 12.5. The molecule has 3 aromatic rings. The van der Waals surface area contributed by atoms with Crippen molar-refractivity contribution in [3.05, 3.63) is 42.2 Å². The molecule has 0 aliphatic rings. The van der Waals surface area contributed by atoms with Gasteiger partial charge in [0.1, 0.15) is 11.3 Å². The van der Waals surface area contributed by atoms with Gasteiger partial charge in [-0.2, -0.15) is 0 Å². The van der Waals surface area contributed by atoms with Crippen LogP contribution in [-0.4, -0.2) is 22.9 Å². The normalized spacial score (nSPS) is 10.7. The number of benzene rings is 1. The summed E-state index contributed by atoms with van der Waals surface area (Å²) in [7, 11) is 1.63. The molecule has 5 heteroatoms. The van der Waals surface area contributed by atoms with Gasteiger partial charge in [-0.05, 0) is 24.3 Å². The molecule has 0 radical (unpaired) electrons. The first-order valence-corrected chi connectivity index (χ1v) is 6.21. The average molecular weight is 258 g/mol. The number of methoxy groups -OCH3 is 1. The minimum absolute atomic E-state index is 0.591. The maximum atomic E-state index is 10.9. The topological polar surface area (TPSA) is 44.1 Å². The third kappa shape index (κ3) is 1.60. The van der Waals surface area contributed by atoms with Crippen LogP contribution < -0.4 is 4.74 Å². The fraction of sp³-hybridized carbons (Fsp3) is 0.0769. The fourth-order valence-electron chi connectivity index (χ4n) is 1.84. The fourth-order valence-corrected chi connectivity index (χ4v) is 2.83. The van der Waals surface area contributed by atoms with Gasteiger partial charge in [-0.15, -0.1) is 0 Å². The molecule has 0 fully saturated rings. The minimum atomic E-state index is 0.591. The molecule has 0 amide bonds. The van der Waals surface area contributed by atoms with Crippen molar-refractivity contribution in [1.29, 1.82) is 0 Å². The van der Waals surface area contributed by atoms with Crippen LogP contribution in [0.3, 0.4) is 0 Å². The Bertz CT molecular complexity index is 715. The lowest BCUT2D eigenvalue weighted by atomic mass is 10.3. The molecule has 90 valence electrons. The number of nitrogens with zero attached hydrogens (tertiary/aromatic N) is 2. The highest BCUT2D eigenvalue weighted by Gasteiger charge is 2.11. The van der Waals surface area contributed by atoms with Gasteiger partial charge in [0.2, 0.25) is 0 Å². The SMILES string of the molecule is COc1cccc2sc(-n3cccc3C=O)nc12. The highest BCUT2D eigenvalue weighted by Crippen LogP contribution is 2.31. The van der Waals surface area contributed by atoms with Crippen molar-refractivity contribution < 1.29 is 9.53 Å². The number of para-hydroxylation sites is 1. The third-order valence-corrected chi connectivity index (χ3v) is 3.72. The molecule has 2 aromatic heterocycles. The molecule has 0 N–H and O–H groups in total. The van der Waals surface area contributed by atoms with E-state index >= 15 is 0 Å². The Labute approximate surface area is 107 Å². The number of hydrogen-bond acceptors (Lipinski definition) is 4. The van der Waals surface area contributed by atoms with Gasteiger partial charge < -0.3 is 4.74 Å². The maximum Gasteiger partial charge on any atom is 0.195 e. The van der Waals surface area contributed by atoms with Crippen molar-refractivity contribution in [2.24, 2.45) is 0 Å². The third-order valence-electron chi connectivity index (χ3n) is 2.70. The summed E-state index contributed by atoms with van der Waals surface area (Å²) in [5, 5.41) is 0.765. The molecule has 0 aliphatic carbocycles. The molecule has 3 rings (SSSR count). The maximum absolute atomic E-state index is 10.9. The first kappa shape index (κ1) is 11.0. The zero-order valence-corrected chi connectivity index (χ0v) is 10.5. The zero-order valence-electron chi connectivity index (χ0n) is 9.66. The number of thiazole rings is 1. The second-order valence-corrected chi connectivity index (χ2v) is 4.73. The molecular weight excluding hydrogens is 248 g/mol. The van der Waals surface area contributed by atoms with Gasteiger partial charge in [0.25, 0.3) is 0 Å². The standard InChI is InChI=1S/C13H10N2O2S/c1-17-10-5-2-6-11-12(10)14-13(18-11)15-7-3-4-9(15)8-16/h2-8H,1H3. The lowest BCUT2D eigenvalue weighted by molar-refractivity contribution is 0.111. The van der Waals surface area contributed by atoms with Gasteiger partial charge in [0.05, 0.1) is 17.5 Å². The summed E-state index contributed by atoms with van der Waals surface area (Å²) < 4.78 is 8.09. The molecule has 0 atom stereocenters. The van der Waals surface area contributed by atoms with E-state index in [1.807, 2.05) is 30.5 Å². The van der Waals surface area contributed by atoms with E-state index in [0.29, 0.717) is 5.69 Å². The van der Waals surface area contributed by atoms with Crippen LogP contribution >= 0.6 is 11.3 Å². The molecule has 0 aliphatic heterocycles. The highest BCUT2D eigenvalue weighted by molar-refractivity contribution is 7.20. The molecular formula is C13H10N2O2S. The summed E-state index contributed by atoms with van der Waals surface area (Å²) in [6, 6.07) is 9.38. The Morgan fingerprint density at radius 1 is 1.33 bits per heavy atom. The van der Waals surface area contributed by atoms with E-state index in [9.17, 15) is 4.79 Å². The van der Waals surface area contributed by atoms with Crippen molar-refractivity contribution in [2.45, 2.75) is 0 Å². The number of rotatable bonds is 3. The van der Waals surface area contributed by atoms with Crippen LogP contribution in [0.15, 0.2) is 36.5 Å². The quantitative estimate of drug-likeness (QED) is 0.678. The lowest BCUT2D eigenvalue weighted by Crippen LogP contribution is -1.96. The van der Waals surface area contributed by atoms with Crippen LogP contribution in [0.5, 0.6) is 5.75 Å². The number of carbonyl (C=O) groups excluding carboxylic acids is 1. The van der Waals surface area contributed by atoms with E-state index in [-0.39, 0.29) is 0 Å². The summed E-state index contributed by atoms with van der Waals surface area (Å²) >= 11 is 1.53. The van der Waals surface area contributed by atoms with Gasteiger partial charge in [-0.25, -0.2) is 4.98 Å².